The Bertz CT molecular complexity index is 411. The largest absolute Gasteiger partial charge is 0.508 e. The summed E-state index contributed by atoms with van der Waals surface area (Å²) in [7, 11) is 0. The van der Waals surface area contributed by atoms with Gasteiger partial charge in [0.1, 0.15) is 5.75 Å². The zero-order valence-electron chi connectivity index (χ0n) is 7.55. The van der Waals surface area contributed by atoms with Crippen molar-refractivity contribution in [2.24, 2.45) is 5.73 Å². The Balaban J connectivity index is 2.32. The molecule has 0 aliphatic carbocycles. The lowest BCUT2D eigenvalue weighted by molar-refractivity contribution is 0.474. The fourth-order valence-corrected chi connectivity index (χ4v) is 2.10. The van der Waals surface area contributed by atoms with Crippen molar-refractivity contribution in [2.45, 2.75) is 6.04 Å². The van der Waals surface area contributed by atoms with Crippen LogP contribution in [0, 0.1) is 0 Å². The van der Waals surface area contributed by atoms with Gasteiger partial charge >= 0.3 is 0 Å². The van der Waals surface area contributed by atoms with E-state index in [1.165, 1.54) is 0 Å². The minimum absolute atomic E-state index is 0.137. The van der Waals surface area contributed by atoms with Crippen LogP contribution in [0.2, 0.25) is 0 Å². The highest BCUT2D eigenvalue weighted by atomic mass is 32.1. The van der Waals surface area contributed by atoms with Crippen molar-refractivity contribution in [3.05, 3.63) is 52.2 Å². The second-order valence-electron chi connectivity index (χ2n) is 3.09. The van der Waals surface area contributed by atoms with Crippen molar-refractivity contribution in [1.29, 1.82) is 0 Å². The van der Waals surface area contributed by atoms with Crippen LogP contribution in [0.25, 0.3) is 0 Å². The average molecular weight is 205 g/mol. The summed E-state index contributed by atoms with van der Waals surface area (Å²) in [6.07, 6.45) is 0. The first-order chi connectivity index (χ1) is 6.77. The van der Waals surface area contributed by atoms with Crippen molar-refractivity contribution in [1.82, 2.24) is 0 Å². The lowest BCUT2D eigenvalue weighted by Crippen LogP contribution is -2.09. The maximum Gasteiger partial charge on any atom is 0.115 e. The smallest absolute Gasteiger partial charge is 0.115 e. The Kier molecular flexibility index (Phi) is 2.52. The number of hydrogen-bond acceptors (Lipinski definition) is 3. The van der Waals surface area contributed by atoms with Gasteiger partial charge in [0, 0.05) is 4.88 Å². The van der Waals surface area contributed by atoms with E-state index in [1.54, 1.807) is 29.5 Å². The quantitative estimate of drug-likeness (QED) is 0.791. The highest BCUT2D eigenvalue weighted by Crippen LogP contribution is 2.25. The molecule has 1 heterocycles. The molecule has 0 radical (unpaired) electrons. The summed E-state index contributed by atoms with van der Waals surface area (Å²) < 4.78 is 0. The number of benzene rings is 1. The first-order valence-corrected chi connectivity index (χ1v) is 5.23. The molecule has 0 saturated heterocycles. The van der Waals surface area contributed by atoms with E-state index < -0.39 is 0 Å². The van der Waals surface area contributed by atoms with Crippen LogP contribution in [0.15, 0.2) is 41.8 Å². The van der Waals surface area contributed by atoms with Crippen LogP contribution >= 0.6 is 11.3 Å². The van der Waals surface area contributed by atoms with Gasteiger partial charge in [-0.15, -0.1) is 11.3 Å². The van der Waals surface area contributed by atoms with E-state index in [0.717, 1.165) is 10.4 Å². The molecule has 0 fully saturated rings. The summed E-state index contributed by atoms with van der Waals surface area (Å²) in [5.41, 5.74) is 6.97. The second-order valence-corrected chi connectivity index (χ2v) is 4.07. The van der Waals surface area contributed by atoms with Gasteiger partial charge in [-0.25, -0.2) is 0 Å². The van der Waals surface area contributed by atoms with E-state index in [2.05, 4.69) is 0 Å². The molecule has 14 heavy (non-hydrogen) atoms. The second kappa shape index (κ2) is 3.82. The van der Waals surface area contributed by atoms with Gasteiger partial charge in [-0.05, 0) is 29.1 Å². The molecule has 0 spiro atoms. The van der Waals surface area contributed by atoms with E-state index in [9.17, 15) is 5.11 Å². The van der Waals surface area contributed by atoms with Gasteiger partial charge in [0.2, 0.25) is 0 Å². The highest BCUT2D eigenvalue weighted by Gasteiger charge is 2.09. The Labute approximate surface area is 86.6 Å². The van der Waals surface area contributed by atoms with Crippen molar-refractivity contribution in [3.63, 3.8) is 0 Å². The standard InChI is InChI=1S/C11H11NOS/c12-11(10-5-2-6-14-10)8-3-1-4-9(13)7-8/h1-7,11,13H,12H2. The van der Waals surface area contributed by atoms with Gasteiger partial charge in [-0.2, -0.15) is 0 Å². The predicted molar refractivity (Wildman–Crippen MR) is 58.5 cm³/mol. The molecule has 1 atom stereocenters. The summed E-state index contributed by atoms with van der Waals surface area (Å²) in [6.45, 7) is 0. The fraction of sp³-hybridized carbons (Fsp3) is 0.0909. The molecule has 1 aromatic heterocycles. The lowest BCUT2D eigenvalue weighted by atomic mass is 10.1. The van der Waals surface area contributed by atoms with Crippen LogP contribution in [0.5, 0.6) is 5.75 Å². The Morgan fingerprint density at radius 3 is 2.71 bits per heavy atom. The molecule has 0 aliphatic rings. The number of hydrogen-bond donors (Lipinski definition) is 2. The molecule has 2 rings (SSSR count). The molecule has 0 bridgehead atoms. The number of phenolic OH excluding ortho intramolecular Hbond substituents is 1. The SMILES string of the molecule is NC(c1cccc(O)c1)c1cccs1. The summed E-state index contributed by atoms with van der Waals surface area (Å²) in [5.74, 6) is 0.259. The molecule has 72 valence electrons. The lowest BCUT2D eigenvalue weighted by Gasteiger charge is -2.09. The zero-order valence-corrected chi connectivity index (χ0v) is 8.37. The van der Waals surface area contributed by atoms with Crippen LogP contribution in [0.3, 0.4) is 0 Å². The maximum absolute atomic E-state index is 9.31. The third-order valence-corrected chi connectivity index (χ3v) is 3.03. The number of aromatic hydroxyl groups is 1. The van der Waals surface area contributed by atoms with Gasteiger partial charge in [-0.1, -0.05) is 18.2 Å². The molecule has 1 unspecified atom stereocenters. The highest BCUT2D eigenvalue weighted by molar-refractivity contribution is 7.10. The molecule has 0 aliphatic heterocycles. The third kappa shape index (κ3) is 1.78. The molecule has 0 amide bonds. The molecule has 3 heteroatoms. The monoisotopic (exact) mass is 205 g/mol. The van der Waals surface area contributed by atoms with Crippen molar-refractivity contribution >= 4 is 11.3 Å². The summed E-state index contributed by atoms with van der Waals surface area (Å²) >= 11 is 1.63. The van der Waals surface area contributed by atoms with Gasteiger partial charge in [0.25, 0.3) is 0 Å². The Hall–Kier alpha value is -1.32. The molecule has 2 aromatic rings. The molecule has 0 saturated carbocycles. The van der Waals surface area contributed by atoms with Crippen LogP contribution in [0.4, 0.5) is 0 Å². The van der Waals surface area contributed by atoms with Gasteiger partial charge < -0.3 is 10.8 Å². The van der Waals surface area contributed by atoms with Crippen molar-refractivity contribution in [3.8, 4) is 5.75 Å². The minimum Gasteiger partial charge on any atom is -0.508 e. The maximum atomic E-state index is 9.31. The first kappa shape index (κ1) is 9.24. The van der Waals surface area contributed by atoms with E-state index in [1.807, 2.05) is 23.6 Å². The molecular weight excluding hydrogens is 194 g/mol. The number of phenols is 1. The summed E-state index contributed by atoms with van der Waals surface area (Å²) in [4.78, 5) is 1.11. The van der Waals surface area contributed by atoms with Gasteiger partial charge in [0.15, 0.2) is 0 Å². The third-order valence-electron chi connectivity index (χ3n) is 2.08. The molecule has 2 nitrogen and oxygen atoms in total. The van der Waals surface area contributed by atoms with Gasteiger partial charge in [-0.3, -0.25) is 0 Å². The van der Waals surface area contributed by atoms with E-state index in [4.69, 9.17) is 5.73 Å². The van der Waals surface area contributed by atoms with Crippen molar-refractivity contribution in [2.75, 3.05) is 0 Å². The summed E-state index contributed by atoms with van der Waals surface area (Å²) in [5, 5.41) is 11.3. The normalized spacial score (nSPS) is 12.6. The zero-order chi connectivity index (χ0) is 9.97. The van der Waals surface area contributed by atoms with Crippen LogP contribution in [-0.4, -0.2) is 5.11 Å². The number of thiophene rings is 1. The van der Waals surface area contributed by atoms with E-state index in [0.29, 0.717) is 0 Å². The van der Waals surface area contributed by atoms with E-state index in [-0.39, 0.29) is 11.8 Å². The number of nitrogens with two attached hydrogens (primary N) is 1. The first-order valence-electron chi connectivity index (χ1n) is 4.35. The topological polar surface area (TPSA) is 46.2 Å². The van der Waals surface area contributed by atoms with Gasteiger partial charge in [0.05, 0.1) is 6.04 Å². The number of rotatable bonds is 2. The van der Waals surface area contributed by atoms with Crippen LogP contribution in [-0.2, 0) is 0 Å². The average Bonchev–Trinajstić information content (AvgIpc) is 2.69. The predicted octanol–water partition coefficient (Wildman–Crippen LogP) is 2.50. The van der Waals surface area contributed by atoms with Crippen molar-refractivity contribution < 1.29 is 5.11 Å². The summed E-state index contributed by atoms with van der Waals surface area (Å²) in [6, 6.07) is 10.9. The Morgan fingerprint density at radius 2 is 2.07 bits per heavy atom. The molecule has 3 N–H and O–H groups in total. The minimum atomic E-state index is -0.137. The van der Waals surface area contributed by atoms with Crippen LogP contribution in [0.1, 0.15) is 16.5 Å². The fourth-order valence-electron chi connectivity index (χ4n) is 1.35. The van der Waals surface area contributed by atoms with E-state index >= 15 is 0 Å². The molecular formula is C11H11NOS. The Morgan fingerprint density at radius 1 is 1.21 bits per heavy atom. The molecule has 1 aromatic carbocycles. The van der Waals surface area contributed by atoms with Crippen LogP contribution < -0.4 is 5.73 Å².